The van der Waals surface area contributed by atoms with Crippen LogP contribution in [0.4, 0.5) is 4.39 Å². The minimum Gasteiger partial charge on any atom is -0.329 e. The Bertz CT molecular complexity index is 533. The summed E-state index contributed by atoms with van der Waals surface area (Å²) in [6, 6.07) is 2.16. The number of rotatable bonds is 5. The zero-order valence-corrected chi connectivity index (χ0v) is 10.0. The molecule has 4 nitrogen and oxygen atoms in total. The Morgan fingerprint density at radius 3 is 3.06 bits per heavy atom. The van der Waals surface area contributed by atoms with Crippen LogP contribution in [0.2, 0.25) is 0 Å². The summed E-state index contributed by atoms with van der Waals surface area (Å²) in [5.74, 6) is 0.677. The topological polar surface area (TPSA) is 42.7 Å². The van der Waals surface area contributed by atoms with E-state index < -0.39 is 0 Å². The number of nitrogens with one attached hydrogen (secondary N) is 1. The lowest BCUT2D eigenvalue weighted by Crippen LogP contribution is -2.19. The molecule has 0 spiro atoms. The van der Waals surface area contributed by atoms with Gasteiger partial charge in [-0.25, -0.2) is 9.37 Å². The first kappa shape index (κ1) is 11.3. The van der Waals surface area contributed by atoms with Crippen LogP contribution in [0.5, 0.6) is 0 Å². The second kappa shape index (κ2) is 4.86. The number of nitrogens with zero attached hydrogens (tertiary/aromatic N) is 3. The molecule has 0 aliphatic heterocycles. The smallest absolute Gasteiger partial charge is 0.141 e. The van der Waals surface area contributed by atoms with Crippen molar-refractivity contribution >= 4 is 0 Å². The molecule has 0 amide bonds. The average molecular weight is 246 g/mol. The normalized spacial score (nSPS) is 14.9. The number of aromatic nitrogens is 3. The fourth-order valence-corrected chi connectivity index (χ4v) is 1.91. The van der Waals surface area contributed by atoms with Gasteiger partial charge >= 0.3 is 0 Å². The van der Waals surface area contributed by atoms with E-state index in [0.717, 1.165) is 17.9 Å². The molecule has 1 N–H and O–H groups in total. The van der Waals surface area contributed by atoms with Crippen molar-refractivity contribution in [1.29, 1.82) is 0 Å². The van der Waals surface area contributed by atoms with Crippen LogP contribution in [0.1, 0.15) is 24.2 Å². The molecule has 1 aliphatic rings. The minimum atomic E-state index is -0.301. The Labute approximate surface area is 105 Å². The molecule has 2 heterocycles. The van der Waals surface area contributed by atoms with Crippen molar-refractivity contribution in [2.75, 3.05) is 0 Å². The predicted molar refractivity (Wildman–Crippen MR) is 65.4 cm³/mol. The van der Waals surface area contributed by atoms with Crippen molar-refractivity contribution in [1.82, 2.24) is 19.9 Å². The van der Waals surface area contributed by atoms with E-state index in [2.05, 4.69) is 15.3 Å². The number of pyridine rings is 1. The lowest BCUT2D eigenvalue weighted by molar-refractivity contribution is 0.604. The van der Waals surface area contributed by atoms with Gasteiger partial charge in [0.05, 0.1) is 19.3 Å². The number of halogens is 1. The summed E-state index contributed by atoms with van der Waals surface area (Å²) in [6.07, 6.45) is 9.10. The molecule has 18 heavy (non-hydrogen) atoms. The summed E-state index contributed by atoms with van der Waals surface area (Å²) in [5, 5.41) is 3.42. The third-order valence-electron chi connectivity index (χ3n) is 3.04. The van der Waals surface area contributed by atoms with E-state index in [1.165, 1.54) is 25.1 Å². The zero-order chi connectivity index (χ0) is 12.4. The quantitative estimate of drug-likeness (QED) is 0.873. The number of hydrogen-bond donors (Lipinski definition) is 1. The minimum absolute atomic E-state index is 0.301. The van der Waals surface area contributed by atoms with Crippen LogP contribution in [-0.2, 0) is 13.1 Å². The highest BCUT2D eigenvalue weighted by Gasteiger charge is 2.20. The first-order valence-corrected chi connectivity index (χ1v) is 6.14. The van der Waals surface area contributed by atoms with E-state index in [9.17, 15) is 4.39 Å². The Morgan fingerprint density at radius 2 is 2.28 bits per heavy atom. The van der Waals surface area contributed by atoms with Gasteiger partial charge in [0.1, 0.15) is 11.6 Å². The molecule has 0 unspecified atom stereocenters. The van der Waals surface area contributed by atoms with Crippen LogP contribution < -0.4 is 5.32 Å². The average Bonchev–Trinajstić information content (AvgIpc) is 3.08. The van der Waals surface area contributed by atoms with Crippen molar-refractivity contribution in [2.24, 2.45) is 0 Å². The van der Waals surface area contributed by atoms with E-state index >= 15 is 0 Å². The Hall–Kier alpha value is -1.75. The zero-order valence-electron chi connectivity index (χ0n) is 10.0. The maximum absolute atomic E-state index is 13.1. The van der Waals surface area contributed by atoms with Gasteiger partial charge in [0.15, 0.2) is 0 Å². The Morgan fingerprint density at radius 1 is 1.39 bits per heavy atom. The maximum atomic E-state index is 13.1. The Balaban J connectivity index is 1.69. The van der Waals surface area contributed by atoms with Gasteiger partial charge in [-0.05, 0) is 24.5 Å². The van der Waals surface area contributed by atoms with Gasteiger partial charge in [-0.3, -0.25) is 4.98 Å². The molecule has 0 bridgehead atoms. The summed E-state index contributed by atoms with van der Waals surface area (Å²) in [5.41, 5.74) is 0.848. The third-order valence-corrected chi connectivity index (χ3v) is 3.04. The fraction of sp³-hybridized carbons (Fsp3) is 0.385. The molecule has 94 valence electrons. The summed E-state index contributed by atoms with van der Waals surface area (Å²) < 4.78 is 15.1. The van der Waals surface area contributed by atoms with Crippen molar-refractivity contribution in [3.63, 3.8) is 0 Å². The molecule has 1 fully saturated rings. The largest absolute Gasteiger partial charge is 0.329 e. The Kier molecular flexibility index (Phi) is 3.06. The first-order valence-electron chi connectivity index (χ1n) is 6.14. The molecule has 0 saturated heterocycles. The van der Waals surface area contributed by atoms with Crippen LogP contribution in [0.3, 0.4) is 0 Å². The van der Waals surface area contributed by atoms with Gasteiger partial charge in [-0.2, -0.15) is 0 Å². The molecule has 2 aromatic rings. The molecule has 5 heteroatoms. The van der Waals surface area contributed by atoms with Gasteiger partial charge in [0.2, 0.25) is 0 Å². The standard InChI is InChI=1S/C13H15FN4/c14-11-5-10(6-15-7-11)9-18-4-3-16-13(18)8-17-12-1-2-12/h3-7,12,17H,1-2,8-9H2. The summed E-state index contributed by atoms with van der Waals surface area (Å²) in [4.78, 5) is 8.18. The fourth-order valence-electron chi connectivity index (χ4n) is 1.91. The molecule has 1 aliphatic carbocycles. The lowest BCUT2D eigenvalue weighted by Gasteiger charge is -2.08. The van der Waals surface area contributed by atoms with Crippen molar-refractivity contribution < 1.29 is 4.39 Å². The second-order valence-corrected chi connectivity index (χ2v) is 4.64. The summed E-state index contributed by atoms with van der Waals surface area (Å²) in [7, 11) is 0. The number of hydrogen-bond acceptors (Lipinski definition) is 3. The molecular weight excluding hydrogens is 231 g/mol. The maximum Gasteiger partial charge on any atom is 0.141 e. The van der Waals surface area contributed by atoms with Crippen molar-refractivity contribution in [3.8, 4) is 0 Å². The van der Waals surface area contributed by atoms with Gasteiger partial charge in [-0.1, -0.05) is 0 Å². The van der Waals surface area contributed by atoms with Gasteiger partial charge in [0.25, 0.3) is 0 Å². The van der Waals surface area contributed by atoms with Gasteiger partial charge in [0, 0.05) is 24.6 Å². The van der Waals surface area contributed by atoms with Crippen molar-refractivity contribution in [3.05, 3.63) is 48.1 Å². The number of imidazole rings is 1. The van der Waals surface area contributed by atoms with Crippen LogP contribution in [0.15, 0.2) is 30.9 Å². The van der Waals surface area contributed by atoms with Gasteiger partial charge < -0.3 is 9.88 Å². The molecule has 0 aromatic carbocycles. The predicted octanol–water partition coefficient (Wildman–Crippen LogP) is 1.72. The highest BCUT2D eigenvalue weighted by Crippen LogP contribution is 2.19. The first-order chi connectivity index (χ1) is 8.81. The van der Waals surface area contributed by atoms with Crippen LogP contribution in [0.25, 0.3) is 0 Å². The molecule has 1 saturated carbocycles. The highest BCUT2D eigenvalue weighted by molar-refractivity contribution is 5.12. The summed E-state index contributed by atoms with van der Waals surface area (Å²) >= 11 is 0. The molecule has 0 atom stereocenters. The van der Waals surface area contributed by atoms with Crippen LogP contribution in [-0.4, -0.2) is 20.6 Å². The highest BCUT2D eigenvalue weighted by atomic mass is 19.1. The van der Waals surface area contributed by atoms with E-state index in [1.54, 1.807) is 12.4 Å². The van der Waals surface area contributed by atoms with E-state index in [1.807, 2.05) is 10.8 Å². The van der Waals surface area contributed by atoms with Crippen LogP contribution in [0, 0.1) is 5.82 Å². The molecular formula is C13H15FN4. The SMILES string of the molecule is Fc1cncc(Cn2ccnc2CNC2CC2)c1. The molecule has 3 rings (SSSR count). The molecule has 0 radical (unpaired) electrons. The van der Waals surface area contributed by atoms with E-state index in [4.69, 9.17) is 0 Å². The van der Waals surface area contributed by atoms with E-state index in [0.29, 0.717) is 12.6 Å². The third kappa shape index (κ3) is 2.73. The second-order valence-electron chi connectivity index (χ2n) is 4.64. The van der Waals surface area contributed by atoms with Crippen molar-refractivity contribution in [2.45, 2.75) is 32.0 Å². The van der Waals surface area contributed by atoms with Gasteiger partial charge in [-0.15, -0.1) is 0 Å². The molecule has 2 aromatic heterocycles. The van der Waals surface area contributed by atoms with E-state index in [-0.39, 0.29) is 5.82 Å². The lowest BCUT2D eigenvalue weighted by atomic mass is 10.3. The summed E-state index contributed by atoms with van der Waals surface area (Å²) in [6.45, 7) is 1.37. The monoisotopic (exact) mass is 246 g/mol. The van der Waals surface area contributed by atoms with Crippen LogP contribution >= 0.6 is 0 Å².